The monoisotopic (exact) mass is 381 g/mol. The van der Waals surface area contributed by atoms with Crippen molar-refractivity contribution in [2.24, 2.45) is 29.0 Å². The standard InChI is InChI=1S/C20H27N7O/c1-12(2)14(9-21)7-18(22)26-19-4-3-16-17(25-19)8-15(10-24-16)27-6-5-13(11-27)20(23)28/h3-4,7-10,12-13H,5-6,11,21-22H2,1-2H3,(H2,23,28)(H,25,26)/b14-9+,18-7+. The van der Waals surface area contributed by atoms with Gasteiger partial charge < -0.3 is 27.4 Å². The highest BCUT2D eigenvalue weighted by Crippen LogP contribution is 2.26. The molecule has 7 N–H and O–H groups in total. The second-order valence-corrected chi connectivity index (χ2v) is 7.31. The number of nitrogens with two attached hydrogens (primary N) is 3. The summed E-state index contributed by atoms with van der Waals surface area (Å²) in [4.78, 5) is 22.6. The Morgan fingerprint density at radius 1 is 1.32 bits per heavy atom. The van der Waals surface area contributed by atoms with E-state index in [2.05, 4.69) is 20.2 Å². The van der Waals surface area contributed by atoms with E-state index in [0.717, 1.165) is 35.3 Å². The van der Waals surface area contributed by atoms with Crippen LogP contribution >= 0.6 is 0 Å². The Morgan fingerprint density at radius 3 is 2.75 bits per heavy atom. The van der Waals surface area contributed by atoms with E-state index in [0.29, 0.717) is 18.2 Å². The summed E-state index contributed by atoms with van der Waals surface area (Å²) in [5, 5.41) is 3.09. The van der Waals surface area contributed by atoms with Crippen LogP contribution < -0.4 is 27.4 Å². The quantitative estimate of drug-likeness (QED) is 0.558. The number of fused-ring (bicyclic) bond motifs is 1. The molecule has 2 aromatic rings. The normalized spacial score (nSPS) is 18.1. The summed E-state index contributed by atoms with van der Waals surface area (Å²) in [6, 6.07) is 5.69. The van der Waals surface area contributed by atoms with Gasteiger partial charge in [-0.3, -0.25) is 9.78 Å². The van der Waals surface area contributed by atoms with E-state index < -0.39 is 0 Å². The van der Waals surface area contributed by atoms with Crippen LogP contribution in [0.15, 0.2) is 48.1 Å². The van der Waals surface area contributed by atoms with Crippen molar-refractivity contribution < 1.29 is 4.79 Å². The highest BCUT2D eigenvalue weighted by molar-refractivity contribution is 5.81. The topological polar surface area (TPSA) is 136 Å². The summed E-state index contributed by atoms with van der Waals surface area (Å²) in [5.41, 5.74) is 20.6. The van der Waals surface area contributed by atoms with Gasteiger partial charge in [0.05, 0.1) is 28.8 Å². The molecule has 0 aliphatic carbocycles. The Hall–Kier alpha value is -3.29. The fourth-order valence-electron chi connectivity index (χ4n) is 3.24. The smallest absolute Gasteiger partial charge is 0.222 e. The Morgan fingerprint density at radius 2 is 2.11 bits per heavy atom. The maximum atomic E-state index is 11.4. The number of allylic oxidation sites excluding steroid dienone is 2. The first-order valence-electron chi connectivity index (χ1n) is 9.34. The highest BCUT2D eigenvalue weighted by Gasteiger charge is 2.27. The Balaban J connectivity index is 1.81. The Kier molecular flexibility index (Phi) is 5.67. The van der Waals surface area contributed by atoms with Gasteiger partial charge in [0.1, 0.15) is 11.6 Å². The molecule has 0 bridgehead atoms. The largest absolute Gasteiger partial charge is 0.404 e. The molecule has 1 aliphatic rings. The molecule has 1 fully saturated rings. The number of carbonyl (C=O) groups excluding carboxylic acids is 1. The van der Waals surface area contributed by atoms with E-state index in [1.807, 2.05) is 32.0 Å². The van der Waals surface area contributed by atoms with E-state index in [1.54, 1.807) is 18.5 Å². The van der Waals surface area contributed by atoms with Crippen molar-refractivity contribution in [3.63, 3.8) is 0 Å². The molecule has 3 rings (SSSR count). The maximum Gasteiger partial charge on any atom is 0.222 e. The van der Waals surface area contributed by atoms with Crippen molar-refractivity contribution in [3.05, 3.63) is 48.1 Å². The van der Waals surface area contributed by atoms with E-state index in [9.17, 15) is 4.79 Å². The van der Waals surface area contributed by atoms with Gasteiger partial charge in [-0.1, -0.05) is 13.8 Å². The minimum Gasteiger partial charge on any atom is -0.404 e. The summed E-state index contributed by atoms with van der Waals surface area (Å²) in [6.07, 6.45) is 5.92. The lowest BCUT2D eigenvalue weighted by molar-refractivity contribution is -0.121. The number of nitrogens with one attached hydrogen (secondary N) is 1. The number of pyridine rings is 2. The fourth-order valence-corrected chi connectivity index (χ4v) is 3.24. The van der Waals surface area contributed by atoms with Crippen molar-refractivity contribution in [2.75, 3.05) is 23.3 Å². The van der Waals surface area contributed by atoms with Crippen LogP contribution in [0.5, 0.6) is 0 Å². The molecule has 0 saturated carbocycles. The van der Waals surface area contributed by atoms with Crippen LogP contribution in [-0.2, 0) is 4.79 Å². The molecule has 28 heavy (non-hydrogen) atoms. The summed E-state index contributed by atoms with van der Waals surface area (Å²) in [5.74, 6) is 0.982. The molecular formula is C20H27N7O. The fraction of sp³-hybridized carbons (Fsp3) is 0.350. The number of carbonyl (C=O) groups is 1. The molecule has 0 spiro atoms. The number of nitrogens with zero attached hydrogens (tertiary/aromatic N) is 3. The first-order chi connectivity index (χ1) is 13.4. The second kappa shape index (κ2) is 8.16. The minimum absolute atomic E-state index is 0.118. The van der Waals surface area contributed by atoms with E-state index in [4.69, 9.17) is 17.2 Å². The lowest BCUT2D eigenvalue weighted by Gasteiger charge is -2.18. The van der Waals surface area contributed by atoms with Crippen LogP contribution in [0.25, 0.3) is 11.0 Å². The zero-order valence-electron chi connectivity index (χ0n) is 16.2. The van der Waals surface area contributed by atoms with Gasteiger partial charge in [-0.25, -0.2) is 4.98 Å². The molecule has 3 heterocycles. The lowest BCUT2D eigenvalue weighted by atomic mass is 10.0. The van der Waals surface area contributed by atoms with Gasteiger partial charge >= 0.3 is 0 Å². The summed E-state index contributed by atoms with van der Waals surface area (Å²) in [7, 11) is 0. The van der Waals surface area contributed by atoms with Crippen molar-refractivity contribution in [3.8, 4) is 0 Å². The van der Waals surface area contributed by atoms with Crippen molar-refractivity contribution in [2.45, 2.75) is 20.3 Å². The summed E-state index contributed by atoms with van der Waals surface area (Å²) < 4.78 is 0. The molecule has 1 atom stereocenters. The number of primary amides is 1. The Bertz CT molecular complexity index is 935. The highest BCUT2D eigenvalue weighted by atomic mass is 16.1. The molecule has 148 valence electrons. The van der Waals surface area contributed by atoms with Gasteiger partial charge in [0.15, 0.2) is 0 Å². The average Bonchev–Trinajstić information content (AvgIpc) is 3.16. The second-order valence-electron chi connectivity index (χ2n) is 7.31. The molecule has 8 heteroatoms. The van der Waals surface area contributed by atoms with E-state index >= 15 is 0 Å². The number of anilines is 2. The van der Waals surface area contributed by atoms with Crippen LogP contribution in [0, 0.1) is 11.8 Å². The molecule has 8 nitrogen and oxygen atoms in total. The molecule has 2 aromatic heterocycles. The van der Waals surface area contributed by atoms with Crippen LogP contribution in [0.3, 0.4) is 0 Å². The first kappa shape index (κ1) is 19.5. The van der Waals surface area contributed by atoms with Gasteiger partial charge in [0.2, 0.25) is 5.91 Å². The molecule has 1 aliphatic heterocycles. The third kappa shape index (κ3) is 4.33. The number of aromatic nitrogens is 2. The predicted molar refractivity (Wildman–Crippen MR) is 112 cm³/mol. The SMILES string of the molecule is CC(C)C(=C/N)/C=C(\N)Nc1ccc2ncc(N3CCC(C(N)=O)C3)cc2n1. The zero-order chi connectivity index (χ0) is 20.3. The third-order valence-corrected chi connectivity index (χ3v) is 4.93. The number of amides is 1. The molecule has 0 aromatic carbocycles. The molecule has 1 saturated heterocycles. The summed E-state index contributed by atoms with van der Waals surface area (Å²) in [6.45, 7) is 5.48. The summed E-state index contributed by atoms with van der Waals surface area (Å²) >= 11 is 0. The van der Waals surface area contributed by atoms with Crippen molar-refractivity contribution >= 4 is 28.4 Å². The lowest BCUT2D eigenvalue weighted by Crippen LogP contribution is -2.27. The minimum atomic E-state index is -0.254. The zero-order valence-corrected chi connectivity index (χ0v) is 16.2. The third-order valence-electron chi connectivity index (χ3n) is 4.93. The molecule has 0 radical (unpaired) electrons. The first-order valence-corrected chi connectivity index (χ1v) is 9.34. The van der Waals surface area contributed by atoms with Gasteiger partial charge in [-0.05, 0) is 48.4 Å². The number of hydrogen-bond acceptors (Lipinski definition) is 7. The Labute approximate surface area is 164 Å². The van der Waals surface area contributed by atoms with E-state index in [1.165, 1.54) is 0 Å². The average molecular weight is 381 g/mol. The molecule has 1 amide bonds. The van der Waals surface area contributed by atoms with Crippen molar-refractivity contribution in [1.82, 2.24) is 9.97 Å². The van der Waals surface area contributed by atoms with Gasteiger partial charge in [0, 0.05) is 13.1 Å². The van der Waals surface area contributed by atoms with Crippen LogP contribution in [0.4, 0.5) is 11.5 Å². The number of rotatable bonds is 6. The van der Waals surface area contributed by atoms with Crippen molar-refractivity contribution in [1.29, 1.82) is 0 Å². The van der Waals surface area contributed by atoms with Crippen LogP contribution in [0.1, 0.15) is 20.3 Å². The van der Waals surface area contributed by atoms with Crippen LogP contribution in [0.2, 0.25) is 0 Å². The van der Waals surface area contributed by atoms with E-state index in [-0.39, 0.29) is 17.7 Å². The van der Waals surface area contributed by atoms with Gasteiger partial charge in [-0.2, -0.15) is 0 Å². The van der Waals surface area contributed by atoms with Gasteiger partial charge in [0.25, 0.3) is 0 Å². The maximum absolute atomic E-state index is 11.4. The number of hydrogen-bond donors (Lipinski definition) is 4. The van der Waals surface area contributed by atoms with Crippen LogP contribution in [-0.4, -0.2) is 29.0 Å². The van der Waals surface area contributed by atoms with Gasteiger partial charge in [-0.15, -0.1) is 0 Å². The molecular weight excluding hydrogens is 354 g/mol. The predicted octanol–water partition coefficient (Wildman–Crippen LogP) is 1.65. The molecule has 1 unspecified atom stereocenters.